The molecule has 0 unspecified atom stereocenters. The minimum absolute atomic E-state index is 0.548. The molecule has 3 rings (SSSR count). The van der Waals surface area contributed by atoms with Crippen molar-refractivity contribution in [1.82, 2.24) is 24.9 Å². The Bertz CT molecular complexity index is 805. The first-order chi connectivity index (χ1) is 11.2. The molecule has 0 atom stereocenters. The normalized spacial score (nSPS) is 11.0. The Balaban J connectivity index is 1.83. The number of nitrogens with zero attached hydrogens (tertiary/aromatic N) is 5. The van der Waals surface area contributed by atoms with Crippen LogP contribution in [0.4, 0.5) is 0 Å². The maximum absolute atomic E-state index is 5.36. The van der Waals surface area contributed by atoms with Crippen LogP contribution in [0.15, 0.2) is 39.1 Å². The fraction of sp³-hybridized carbons (Fsp3) is 0.333. The molecule has 0 radical (unpaired) electrons. The summed E-state index contributed by atoms with van der Waals surface area (Å²) in [5, 5.41) is 13.2. The molecule has 0 aliphatic carbocycles. The van der Waals surface area contributed by atoms with Crippen molar-refractivity contribution in [2.24, 2.45) is 0 Å². The van der Waals surface area contributed by atoms with Crippen LogP contribution in [0, 0.1) is 6.92 Å². The van der Waals surface area contributed by atoms with Crippen molar-refractivity contribution in [1.29, 1.82) is 0 Å². The highest BCUT2D eigenvalue weighted by Crippen LogP contribution is 2.28. The molecular weight excluding hydrogens is 314 g/mol. The lowest BCUT2D eigenvalue weighted by Gasteiger charge is -2.06. The third-order valence-corrected chi connectivity index (χ3v) is 4.23. The summed E-state index contributed by atoms with van der Waals surface area (Å²) in [6, 6.07) is 1.89. The van der Waals surface area contributed by atoms with Crippen LogP contribution in [0.2, 0.25) is 0 Å². The van der Waals surface area contributed by atoms with Gasteiger partial charge < -0.3 is 8.94 Å². The number of hydrogen-bond acceptors (Lipinski definition) is 7. The van der Waals surface area contributed by atoms with E-state index in [0.717, 1.165) is 28.7 Å². The van der Waals surface area contributed by atoms with Crippen molar-refractivity contribution in [2.75, 3.05) is 0 Å². The molecule has 3 heterocycles. The van der Waals surface area contributed by atoms with Crippen molar-refractivity contribution in [3.63, 3.8) is 0 Å². The minimum Gasteiger partial charge on any atom is -0.469 e. The van der Waals surface area contributed by atoms with E-state index in [1.807, 2.05) is 30.6 Å². The van der Waals surface area contributed by atoms with Gasteiger partial charge in [-0.2, -0.15) is 4.98 Å². The van der Waals surface area contributed by atoms with Crippen LogP contribution in [0.1, 0.15) is 24.4 Å². The molecule has 7 nitrogen and oxygen atoms in total. The number of rotatable bonds is 7. The fourth-order valence-electron chi connectivity index (χ4n) is 2.12. The zero-order chi connectivity index (χ0) is 16.2. The number of furan rings is 1. The summed E-state index contributed by atoms with van der Waals surface area (Å²) in [6.45, 7) is 8.31. The summed E-state index contributed by atoms with van der Waals surface area (Å²) in [5.74, 6) is 3.42. The van der Waals surface area contributed by atoms with Gasteiger partial charge >= 0.3 is 0 Å². The van der Waals surface area contributed by atoms with Gasteiger partial charge in [-0.3, -0.25) is 4.57 Å². The zero-order valence-corrected chi connectivity index (χ0v) is 13.8. The van der Waals surface area contributed by atoms with Gasteiger partial charge in [-0.25, -0.2) is 0 Å². The van der Waals surface area contributed by atoms with Gasteiger partial charge in [0.1, 0.15) is 5.76 Å². The molecule has 8 heteroatoms. The van der Waals surface area contributed by atoms with Gasteiger partial charge in [0.25, 0.3) is 0 Å². The monoisotopic (exact) mass is 331 g/mol. The molecule has 0 aromatic carbocycles. The van der Waals surface area contributed by atoms with Gasteiger partial charge in [-0.05, 0) is 13.0 Å². The van der Waals surface area contributed by atoms with Crippen LogP contribution in [-0.2, 0) is 18.7 Å². The topological polar surface area (TPSA) is 82.8 Å². The number of allylic oxidation sites excluding steroid dienone is 1. The van der Waals surface area contributed by atoms with E-state index in [-0.39, 0.29) is 0 Å². The predicted octanol–water partition coefficient (Wildman–Crippen LogP) is 3.27. The summed E-state index contributed by atoms with van der Waals surface area (Å²) in [5.41, 5.74) is 0.928. The minimum atomic E-state index is 0.548. The van der Waals surface area contributed by atoms with E-state index in [1.165, 1.54) is 11.8 Å². The Morgan fingerprint density at radius 3 is 2.91 bits per heavy atom. The van der Waals surface area contributed by atoms with Crippen molar-refractivity contribution in [2.45, 2.75) is 37.7 Å². The lowest BCUT2D eigenvalue weighted by Crippen LogP contribution is -2.01. The average Bonchev–Trinajstić information content (AvgIpc) is 3.26. The summed E-state index contributed by atoms with van der Waals surface area (Å²) < 4.78 is 12.6. The molecular formula is C15H17N5O2S. The van der Waals surface area contributed by atoms with Crippen LogP contribution in [0.3, 0.4) is 0 Å². The highest BCUT2D eigenvalue weighted by molar-refractivity contribution is 7.98. The number of aryl methyl sites for hydroxylation is 2. The first kappa shape index (κ1) is 15.5. The SMILES string of the molecule is C=CCn1c(SCc2nc(CC)no2)nnc1-c1ccoc1C. The summed E-state index contributed by atoms with van der Waals surface area (Å²) >= 11 is 1.50. The Morgan fingerprint density at radius 1 is 1.39 bits per heavy atom. The van der Waals surface area contributed by atoms with Gasteiger partial charge in [0.05, 0.1) is 17.6 Å². The molecule has 3 aromatic rings. The quantitative estimate of drug-likeness (QED) is 0.485. The van der Waals surface area contributed by atoms with Gasteiger partial charge in [-0.15, -0.1) is 16.8 Å². The molecule has 23 heavy (non-hydrogen) atoms. The van der Waals surface area contributed by atoms with E-state index in [4.69, 9.17) is 8.94 Å². The third-order valence-electron chi connectivity index (χ3n) is 3.28. The smallest absolute Gasteiger partial charge is 0.237 e. The van der Waals surface area contributed by atoms with Crippen LogP contribution >= 0.6 is 11.8 Å². The summed E-state index contributed by atoms with van der Waals surface area (Å²) in [7, 11) is 0. The molecule has 0 spiro atoms. The summed E-state index contributed by atoms with van der Waals surface area (Å²) in [6.07, 6.45) is 4.22. The van der Waals surface area contributed by atoms with Crippen molar-refractivity contribution in [3.05, 3.63) is 42.5 Å². The molecule has 3 aromatic heterocycles. The van der Waals surface area contributed by atoms with Crippen molar-refractivity contribution < 1.29 is 8.94 Å². The second-order valence-electron chi connectivity index (χ2n) is 4.84. The molecule has 0 aliphatic rings. The van der Waals surface area contributed by atoms with E-state index >= 15 is 0 Å². The highest BCUT2D eigenvalue weighted by Gasteiger charge is 2.17. The molecule has 0 aliphatic heterocycles. The third kappa shape index (κ3) is 3.21. The van der Waals surface area contributed by atoms with E-state index < -0.39 is 0 Å². The van der Waals surface area contributed by atoms with Gasteiger partial charge in [0.2, 0.25) is 5.89 Å². The second-order valence-corrected chi connectivity index (χ2v) is 5.78. The lowest BCUT2D eigenvalue weighted by molar-refractivity contribution is 0.385. The first-order valence-electron chi connectivity index (χ1n) is 7.25. The zero-order valence-electron chi connectivity index (χ0n) is 13.0. The maximum atomic E-state index is 5.36. The van der Waals surface area contributed by atoms with Gasteiger partial charge in [-0.1, -0.05) is 29.9 Å². The molecule has 0 N–H and O–H groups in total. The van der Waals surface area contributed by atoms with E-state index in [2.05, 4.69) is 26.9 Å². The number of aromatic nitrogens is 5. The average molecular weight is 331 g/mol. The first-order valence-corrected chi connectivity index (χ1v) is 8.24. The van der Waals surface area contributed by atoms with Crippen LogP contribution in [-0.4, -0.2) is 24.9 Å². The van der Waals surface area contributed by atoms with Crippen LogP contribution < -0.4 is 0 Å². The van der Waals surface area contributed by atoms with Crippen molar-refractivity contribution in [3.8, 4) is 11.4 Å². The fourth-order valence-corrected chi connectivity index (χ4v) is 2.91. The molecule has 0 bridgehead atoms. The Hall–Kier alpha value is -2.35. The Morgan fingerprint density at radius 2 is 2.26 bits per heavy atom. The van der Waals surface area contributed by atoms with Crippen molar-refractivity contribution >= 4 is 11.8 Å². The van der Waals surface area contributed by atoms with E-state index in [0.29, 0.717) is 24.0 Å². The number of thioether (sulfide) groups is 1. The molecule has 120 valence electrons. The van der Waals surface area contributed by atoms with Gasteiger partial charge in [0.15, 0.2) is 16.8 Å². The second kappa shape index (κ2) is 6.82. The molecule has 0 saturated carbocycles. The number of hydrogen-bond donors (Lipinski definition) is 0. The molecule has 0 amide bonds. The highest BCUT2D eigenvalue weighted by atomic mass is 32.2. The Labute approximate surface area is 137 Å². The van der Waals surface area contributed by atoms with Crippen LogP contribution in [0.5, 0.6) is 0 Å². The summed E-state index contributed by atoms with van der Waals surface area (Å²) in [4.78, 5) is 4.30. The molecule has 0 fully saturated rings. The Kier molecular flexibility index (Phi) is 4.61. The van der Waals surface area contributed by atoms with Crippen LogP contribution in [0.25, 0.3) is 11.4 Å². The maximum Gasteiger partial charge on any atom is 0.237 e. The lowest BCUT2D eigenvalue weighted by atomic mass is 10.2. The van der Waals surface area contributed by atoms with E-state index in [1.54, 1.807) is 6.26 Å². The van der Waals surface area contributed by atoms with E-state index in [9.17, 15) is 0 Å². The predicted molar refractivity (Wildman–Crippen MR) is 85.9 cm³/mol. The van der Waals surface area contributed by atoms with Gasteiger partial charge in [0, 0.05) is 13.0 Å². The standard InChI is InChI=1S/C15H17N5O2S/c1-4-7-20-14(11-6-8-21-10(11)3)17-18-15(20)23-9-13-16-12(5-2)19-22-13/h4,6,8H,1,5,7,9H2,2-3H3. The largest absolute Gasteiger partial charge is 0.469 e. The molecule has 0 saturated heterocycles.